The molecule has 0 amide bonds. The molecule has 3 heterocycles. The fraction of sp³-hybridized carbons (Fsp3) is 0.304. The minimum absolute atomic E-state index is 0.00104. The van der Waals surface area contributed by atoms with Crippen LogP contribution < -0.4 is 20.2 Å². The van der Waals surface area contributed by atoms with Gasteiger partial charge in [0.05, 0.1) is 23.9 Å². The number of fused-ring (bicyclic) bond motifs is 1. The van der Waals surface area contributed by atoms with Crippen LogP contribution in [-0.2, 0) is 32.0 Å². The van der Waals surface area contributed by atoms with E-state index in [0.29, 0.717) is 17.2 Å². The average molecular weight is 584 g/mol. The van der Waals surface area contributed by atoms with E-state index < -0.39 is 36.9 Å². The summed E-state index contributed by atoms with van der Waals surface area (Å²) in [5.74, 6) is 0.406. The smallest absolute Gasteiger partial charge is 0.381 e. The lowest BCUT2D eigenvalue weighted by atomic mass is 10.1. The summed E-state index contributed by atoms with van der Waals surface area (Å²) < 4.78 is 29.8. The molecule has 1 aromatic heterocycles. The van der Waals surface area contributed by atoms with E-state index in [1.165, 1.54) is 24.4 Å². The molecule has 5 rings (SSSR count). The summed E-state index contributed by atoms with van der Waals surface area (Å²) in [5.41, 5.74) is 0.421. The van der Waals surface area contributed by atoms with Crippen molar-refractivity contribution in [1.29, 1.82) is 0 Å². The molecular formula is C23H23ClN3O9PS. The third-order valence-electron chi connectivity index (χ3n) is 5.89. The molecule has 3 unspecified atom stereocenters. The van der Waals surface area contributed by atoms with E-state index in [2.05, 4.69) is 4.98 Å². The summed E-state index contributed by atoms with van der Waals surface area (Å²) in [6.07, 6.45) is -1.99. The summed E-state index contributed by atoms with van der Waals surface area (Å²) in [5, 5.41) is 29.3. The van der Waals surface area contributed by atoms with Gasteiger partial charge in [0.1, 0.15) is 24.1 Å². The highest BCUT2D eigenvalue weighted by Crippen LogP contribution is 2.57. The lowest BCUT2D eigenvalue weighted by Gasteiger charge is -2.33. The molecule has 3 aromatic rings. The fourth-order valence-corrected chi connectivity index (χ4v) is 6.38. The van der Waals surface area contributed by atoms with Crippen LogP contribution in [0.2, 0.25) is 5.02 Å². The van der Waals surface area contributed by atoms with Gasteiger partial charge in [-0.2, -0.15) is 4.98 Å². The summed E-state index contributed by atoms with van der Waals surface area (Å²) in [4.78, 5) is 16.7. The topological polar surface area (TPSA) is 145 Å². The van der Waals surface area contributed by atoms with Gasteiger partial charge in [0.25, 0.3) is 0 Å². The molecule has 2 saturated heterocycles. The summed E-state index contributed by atoms with van der Waals surface area (Å²) in [6, 6.07) is 14.7. The van der Waals surface area contributed by atoms with Crippen LogP contribution in [0.15, 0.2) is 65.6 Å². The second kappa shape index (κ2) is 11.3. The van der Waals surface area contributed by atoms with Crippen molar-refractivity contribution in [3.63, 3.8) is 0 Å². The zero-order valence-corrected chi connectivity index (χ0v) is 22.0. The Hall–Kier alpha value is -2.58. The predicted octanol–water partition coefficient (Wildman–Crippen LogP) is 3.08. The van der Waals surface area contributed by atoms with Crippen molar-refractivity contribution in [2.24, 2.45) is 0 Å². The normalized spacial score (nSPS) is 26.5. The van der Waals surface area contributed by atoms with Gasteiger partial charge in [0.15, 0.2) is 6.23 Å². The number of hydrogen-bond donors (Lipinski definition) is 3. The van der Waals surface area contributed by atoms with E-state index >= 15 is 0 Å². The third-order valence-corrected chi connectivity index (χ3v) is 8.39. The van der Waals surface area contributed by atoms with Gasteiger partial charge in [0, 0.05) is 30.5 Å². The Morgan fingerprint density at radius 3 is 2.66 bits per heavy atom. The van der Waals surface area contributed by atoms with Gasteiger partial charge in [-0.1, -0.05) is 35.9 Å². The van der Waals surface area contributed by atoms with Crippen LogP contribution in [0.4, 0.5) is 5.69 Å². The molecule has 0 radical (unpaired) electrons. The first-order valence-electron chi connectivity index (χ1n) is 11.4. The van der Waals surface area contributed by atoms with Crippen molar-refractivity contribution >= 4 is 35.8 Å². The quantitative estimate of drug-likeness (QED) is 0.265. The molecular weight excluding hydrogens is 561 g/mol. The number of halogens is 1. The highest BCUT2D eigenvalue weighted by Gasteiger charge is 2.52. The molecule has 3 N–H and O–H groups in total. The summed E-state index contributed by atoms with van der Waals surface area (Å²) in [7, 11) is 0. The molecule has 2 aromatic carbocycles. The van der Waals surface area contributed by atoms with Crippen molar-refractivity contribution in [2.45, 2.75) is 31.0 Å². The number of aromatic nitrogens is 2. The minimum Gasteiger partial charge on any atom is -0.477 e. The third kappa shape index (κ3) is 5.86. The lowest BCUT2D eigenvalue weighted by Crippen LogP contribution is -2.40. The predicted molar refractivity (Wildman–Crippen MR) is 137 cm³/mol. The SMILES string of the molecule is O=c1nc(OCCc2ccc(N(O)O)cc2)ccn1[C@@H]1O[C@@H]2COP(=S)(Oc3ccccc3Cl)OC2C1O. The number of para-hydroxylation sites is 1. The molecule has 0 bridgehead atoms. The molecule has 202 valence electrons. The highest BCUT2D eigenvalue weighted by atomic mass is 35.5. The van der Waals surface area contributed by atoms with Gasteiger partial charge in [-0.3, -0.25) is 24.0 Å². The van der Waals surface area contributed by atoms with Crippen LogP contribution in [-0.4, -0.2) is 56.6 Å². The van der Waals surface area contributed by atoms with Crippen LogP contribution in [0.5, 0.6) is 11.6 Å². The van der Waals surface area contributed by atoms with Gasteiger partial charge in [0.2, 0.25) is 5.88 Å². The molecule has 2 aliphatic rings. The van der Waals surface area contributed by atoms with Crippen LogP contribution in [0.1, 0.15) is 11.8 Å². The minimum atomic E-state index is -3.29. The molecule has 5 atom stereocenters. The van der Waals surface area contributed by atoms with E-state index in [0.717, 1.165) is 10.1 Å². The number of benzene rings is 2. The Labute approximate surface area is 226 Å². The van der Waals surface area contributed by atoms with Crippen LogP contribution >= 0.6 is 18.3 Å². The number of nitrogens with zero attached hydrogens (tertiary/aromatic N) is 3. The molecule has 2 fully saturated rings. The fourth-order valence-electron chi connectivity index (χ4n) is 3.99. The van der Waals surface area contributed by atoms with Gasteiger partial charge in [-0.05, 0) is 29.8 Å². The van der Waals surface area contributed by atoms with Crippen molar-refractivity contribution in [1.82, 2.24) is 9.55 Å². The van der Waals surface area contributed by atoms with Crippen molar-refractivity contribution in [2.75, 3.05) is 18.4 Å². The number of hydrogen-bond acceptors (Lipinski definition) is 12. The maximum atomic E-state index is 12.7. The van der Waals surface area contributed by atoms with Crippen molar-refractivity contribution in [3.8, 4) is 11.6 Å². The monoisotopic (exact) mass is 583 g/mol. The summed E-state index contributed by atoms with van der Waals surface area (Å²) >= 11 is 11.6. The van der Waals surface area contributed by atoms with E-state index in [-0.39, 0.29) is 30.0 Å². The number of aliphatic hydroxyl groups excluding tert-OH is 1. The second-order valence-electron chi connectivity index (χ2n) is 8.40. The molecule has 0 aliphatic carbocycles. The van der Waals surface area contributed by atoms with Gasteiger partial charge >= 0.3 is 12.4 Å². The Morgan fingerprint density at radius 1 is 1.18 bits per heavy atom. The number of ether oxygens (including phenoxy) is 2. The first kappa shape index (κ1) is 27.0. The Morgan fingerprint density at radius 2 is 1.95 bits per heavy atom. The van der Waals surface area contributed by atoms with E-state index in [4.69, 9.17) is 56.9 Å². The molecule has 0 spiro atoms. The molecule has 38 heavy (non-hydrogen) atoms. The average Bonchev–Trinajstić information content (AvgIpc) is 3.21. The van der Waals surface area contributed by atoms with Crippen LogP contribution in [0.25, 0.3) is 0 Å². The maximum Gasteiger partial charge on any atom is 0.381 e. The Balaban J connectivity index is 1.20. The standard InChI is InChI=1S/C23H23ClN3O9PS/c24-16-3-1-2-4-17(16)35-37(38)33-13-18-21(36-37)20(28)22(34-18)26-11-9-19(25-23(26)29)32-12-10-14-5-7-15(8-6-14)27(30)31/h1-9,11,18,20-22,28,30-31H,10,12-13H2/t18-,20?,21?,22-,37?/m1/s1. The number of rotatable bonds is 8. The summed E-state index contributed by atoms with van der Waals surface area (Å²) in [6.45, 7) is -3.07. The van der Waals surface area contributed by atoms with Gasteiger partial charge in [-0.25, -0.2) is 4.79 Å². The van der Waals surface area contributed by atoms with Crippen LogP contribution in [0.3, 0.4) is 0 Å². The Kier molecular flexibility index (Phi) is 8.00. The van der Waals surface area contributed by atoms with Crippen LogP contribution in [0, 0.1) is 0 Å². The molecule has 12 nitrogen and oxygen atoms in total. The highest BCUT2D eigenvalue weighted by molar-refractivity contribution is 8.07. The lowest BCUT2D eigenvalue weighted by molar-refractivity contribution is -0.0614. The molecule has 0 saturated carbocycles. The van der Waals surface area contributed by atoms with E-state index in [1.807, 2.05) is 0 Å². The van der Waals surface area contributed by atoms with Crippen molar-refractivity contribution < 1.29 is 38.6 Å². The van der Waals surface area contributed by atoms with Gasteiger partial charge < -0.3 is 19.1 Å². The number of aliphatic hydroxyl groups is 1. The zero-order chi connectivity index (χ0) is 26.9. The van der Waals surface area contributed by atoms with E-state index in [9.17, 15) is 9.90 Å². The first-order chi connectivity index (χ1) is 18.2. The van der Waals surface area contributed by atoms with Crippen molar-refractivity contribution in [3.05, 3.63) is 81.9 Å². The zero-order valence-electron chi connectivity index (χ0n) is 19.6. The largest absolute Gasteiger partial charge is 0.477 e. The second-order valence-corrected chi connectivity index (χ2v) is 11.7. The Bertz CT molecular complexity index is 1390. The van der Waals surface area contributed by atoms with Gasteiger partial charge in [-0.15, -0.1) is 5.23 Å². The molecule has 2 aliphatic heterocycles. The maximum absolute atomic E-state index is 12.7. The molecule has 15 heteroatoms. The number of anilines is 1. The first-order valence-corrected chi connectivity index (χ1v) is 14.4. The van der Waals surface area contributed by atoms with E-state index in [1.54, 1.807) is 36.4 Å².